The molecule has 3 rings (SSSR count). The van der Waals surface area contributed by atoms with Crippen LogP contribution in [0.25, 0.3) is 5.70 Å². The van der Waals surface area contributed by atoms with Crippen molar-refractivity contribution in [1.29, 1.82) is 5.41 Å². The number of carbonyl (C=O) groups is 2. The fourth-order valence-electron chi connectivity index (χ4n) is 5.26. The van der Waals surface area contributed by atoms with Crippen molar-refractivity contribution < 1.29 is 36.6 Å². The van der Waals surface area contributed by atoms with Gasteiger partial charge in [0.15, 0.2) is 0 Å². The topological polar surface area (TPSA) is 106 Å². The minimum Gasteiger partial charge on any atom is -0.481 e. The summed E-state index contributed by atoms with van der Waals surface area (Å²) in [6.45, 7) is 1.62. The zero-order valence-electron chi connectivity index (χ0n) is 21.8. The van der Waals surface area contributed by atoms with Crippen LogP contribution in [-0.4, -0.2) is 64.7 Å². The Morgan fingerprint density at radius 1 is 1.21 bits per heavy atom. The first-order valence-electron chi connectivity index (χ1n) is 13.1. The molecule has 1 saturated heterocycles. The number of carboxylic acid groups (broad SMARTS) is 1. The Morgan fingerprint density at radius 3 is 2.49 bits per heavy atom. The second-order valence-electron chi connectivity index (χ2n) is 10.4. The summed E-state index contributed by atoms with van der Waals surface area (Å²) in [5, 5.41) is 23.2. The van der Waals surface area contributed by atoms with Gasteiger partial charge in [-0.2, -0.15) is 13.2 Å². The highest BCUT2D eigenvalue weighted by Gasteiger charge is 2.38. The highest BCUT2D eigenvalue weighted by molar-refractivity contribution is 6.43. The molecule has 1 unspecified atom stereocenters. The van der Waals surface area contributed by atoms with Crippen molar-refractivity contribution in [2.45, 2.75) is 88.5 Å². The average Bonchev–Trinajstić information content (AvgIpc) is 3.35. The lowest BCUT2D eigenvalue weighted by atomic mass is 9.99. The molecule has 1 aliphatic heterocycles. The lowest BCUT2D eigenvalue weighted by Crippen LogP contribution is -2.50. The van der Waals surface area contributed by atoms with Gasteiger partial charge >= 0.3 is 12.1 Å². The van der Waals surface area contributed by atoms with Crippen molar-refractivity contribution in [2.75, 3.05) is 13.1 Å². The van der Waals surface area contributed by atoms with Crippen LogP contribution in [0, 0.1) is 5.41 Å². The smallest absolute Gasteiger partial charge is 0.417 e. The molecule has 1 heterocycles. The molecule has 12 heteroatoms. The maximum Gasteiger partial charge on any atom is 0.417 e. The van der Waals surface area contributed by atoms with Crippen LogP contribution in [0.15, 0.2) is 30.3 Å². The molecular formula is C27H35F5N4O3. The van der Waals surface area contributed by atoms with Crippen LogP contribution in [0.1, 0.15) is 69.4 Å². The second kappa shape index (κ2) is 12.9. The molecular weight excluding hydrogens is 523 g/mol. The van der Waals surface area contributed by atoms with Gasteiger partial charge in [0, 0.05) is 35.8 Å². The molecule has 39 heavy (non-hydrogen) atoms. The number of halogens is 5. The number of piperidine rings is 1. The number of carbonyl (C=O) groups excluding carboxylic acids is 1. The fourth-order valence-corrected chi connectivity index (χ4v) is 5.26. The van der Waals surface area contributed by atoms with Gasteiger partial charge in [0.1, 0.15) is 5.71 Å². The summed E-state index contributed by atoms with van der Waals surface area (Å²) in [4.78, 5) is 25.9. The van der Waals surface area contributed by atoms with E-state index in [1.54, 1.807) is 11.8 Å². The Hall–Kier alpha value is -3.02. The molecule has 1 amide bonds. The van der Waals surface area contributed by atoms with Crippen LogP contribution in [0.2, 0.25) is 0 Å². The van der Waals surface area contributed by atoms with E-state index in [2.05, 4.69) is 10.6 Å². The molecule has 2 aliphatic rings. The molecule has 0 aromatic heterocycles. The van der Waals surface area contributed by atoms with Gasteiger partial charge in [-0.1, -0.05) is 31.0 Å². The Morgan fingerprint density at radius 2 is 1.87 bits per heavy atom. The fraction of sp³-hybridized carbons (Fsp3) is 0.593. The van der Waals surface area contributed by atoms with Crippen molar-refractivity contribution in [1.82, 2.24) is 15.5 Å². The molecule has 1 aromatic rings. The number of carboxylic acids is 1. The highest BCUT2D eigenvalue weighted by atomic mass is 19.4. The minimum absolute atomic E-state index is 0.0197. The van der Waals surface area contributed by atoms with E-state index >= 15 is 0 Å². The molecule has 4 N–H and O–H groups in total. The first-order chi connectivity index (χ1) is 18.2. The first-order valence-corrected chi connectivity index (χ1v) is 13.1. The van der Waals surface area contributed by atoms with Crippen LogP contribution in [0.3, 0.4) is 0 Å². The number of nitrogens with zero attached hydrogens (tertiary/aromatic N) is 1. The van der Waals surface area contributed by atoms with Crippen LogP contribution in [0.5, 0.6) is 0 Å². The number of benzene rings is 1. The summed E-state index contributed by atoms with van der Waals surface area (Å²) in [7, 11) is 0. The number of aliphatic carboxylic acids is 1. The third-order valence-corrected chi connectivity index (χ3v) is 7.20. The molecule has 7 nitrogen and oxygen atoms in total. The summed E-state index contributed by atoms with van der Waals surface area (Å²) in [6.07, 6.45) is -0.725. The predicted molar refractivity (Wildman–Crippen MR) is 137 cm³/mol. The number of hydrogen-bond donors (Lipinski definition) is 4. The largest absolute Gasteiger partial charge is 0.481 e. The Balaban J connectivity index is 1.79. The summed E-state index contributed by atoms with van der Waals surface area (Å²) >= 11 is 0. The SMILES string of the molecule is CC(C[C@@H](CC(=O)O)NC(=O)C(=N)/C=C(\NC1CCCC1)c1ccccc1C(F)(F)F)N1CCCC(F)(F)C1. The molecule has 2 fully saturated rings. The number of rotatable bonds is 11. The molecule has 1 saturated carbocycles. The Kier molecular flexibility index (Phi) is 10.1. The Bertz CT molecular complexity index is 1070. The molecule has 2 atom stereocenters. The summed E-state index contributed by atoms with van der Waals surface area (Å²) in [6, 6.07) is 3.34. The van der Waals surface area contributed by atoms with Crippen LogP contribution in [0.4, 0.5) is 22.0 Å². The number of hydrogen-bond acceptors (Lipinski definition) is 5. The van der Waals surface area contributed by atoms with E-state index in [4.69, 9.17) is 5.41 Å². The zero-order valence-corrected chi connectivity index (χ0v) is 21.8. The van der Waals surface area contributed by atoms with Crippen molar-refractivity contribution >= 4 is 23.3 Å². The zero-order chi connectivity index (χ0) is 28.8. The van der Waals surface area contributed by atoms with Gasteiger partial charge in [-0.3, -0.25) is 19.9 Å². The van der Waals surface area contributed by atoms with E-state index in [9.17, 15) is 36.6 Å². The molecule has 0 spiro atoms. The van der Waals surface area contributed by atoms with Gasteiger partial charge in [-0.05, 0) is 51.3 Å². The van der Waals surface area contributed by atoms with Gasteiger partial charge in [0.05, 0.1) is 18.5 Å². The highest BCUT2D eigenvalue weighted by Crippen LogP contribution is 2.35. The molecule has 216 valence electrons. The monoisotopic (exact) mass is 558 g/mol. The van der Waals surface area contributed by atoms with Crippen molar-refractivity contribution in [3.05, 3.63) is 41.5 Å². The predicted octanol–water partition coefficient (Wildman–Crippen LogP) is 5.07. The van der Waals surface area contributed by atoms with Gasteiger partial charge in [-0.15, -0.1) is 0 Å². The van der Waals surface area contributed by atoms with E-state index in [1.165, 1.54) is 18.2 Å². The van der Waals surface area contributed by atoms with E-state index in [0.717, 1.165) is 37.8 Å². The van der Waals surface area contributed by atoms with Gasteiger partial charge in [0.2, 0.25) is 0 Å². The standard InChI is InChI=1S/C27H35F5N4O3/c1-17(36-12-6-11-26(28,29)16-36)13-19(14-24(37)38)35-25(39)22(33)15-23(34-18-7-2-3-8-18)20-9-4-5-10-21(20)27(30,31)32/h4-5,9-10,15,17-19,33-34H,2-3,6-8,11-14,16H2,1H3,(H,35,39)(H,37,38)/b23-15-,33-22?/t17?,19-/m0/s1. The second-order valence-corrected chi connectivity index (χ2v) is 10.4. The third-order valence-electron chi connectivity index (χ3n) is 7.20. The van der Waals surface area contributed by atoms with E-state index in [0.29, 0.717) is 13.0 Å². The number of nitrogens with one attached hydrogen (secondary N) is 3. The first kappa shape index (κ1) is 30.5. The quantitative estimate of drug-likeness (QED) is 0.224. The number of likely N-dealkylation sites (tertiary alicyclic amines) is 1. The molecule has 0 radical (unpaired) electrons. The number of amides is 1. The van der Waals surface area contributed by atoms with E-state index < -0.39 is 60.3 Å². The summed E-state index contributed by atoms with van der Waals surface area (Å²) < 4.78 is 69.0. The van der Waals surface area contributed by atoms with Gasteiger partial charge < -0.3 is 15.7 Å². The third kappa shape index (κ3) is 9.01. The van der Waals surface area contributed by atoms with Gasteiger partial charge in [0.25, 0.3) is 11.8 Å². The maximum atomic E-state index is 13.9. The molecule has 1 aliphatic carbocycles. The van der Waals surface area contributed by atoms with Crippen molar-refractivity contribution in [2.24, 2.45) is 0 Å². The molecule has 1 aromatic carbocycles. The summed E-state index contributed by atoms with van der Waals surface area (Å²) in [5.74, 6) is -5.03. The number of alkyl halides is 5. The van der Waals surface area contributed by atoms with Crippen LogP contribution < -0.4 is 10.6 Å². The van der Waals surface area contributed by atoms with Crippen LogP contribution in [-0.2, 0) is 15.8 Å². The minimum atomic E-state index is -4.66. The van der Waals surface area contributed by atoms with Crippen LogP contribution >= 0.6 is 0 Å². The van der Waals surface area contributed by atoms with Gasteiger partial charge in [-0.25, -0.2) is 8.78 Å². The maximum absolute atomic E-state index is 13.9. The van der Waals surface area contributed by atoms with E-state index in [1.807, 2.05) is 0 Å². The lowest BCUT2D eigenvalue weighted by molar-refractivity contribution is -0.138. The average molecular weight is 559 g/mol. The Labute approximate surface area is 224 Å². The van der Waals surface area contributed by atoms with E-state index in [-0.39, 0.29) is 30.1 Å². The lowest BCUT2D eigenvalue weighted by Gasteiger charge is -2.37. The molecule has 0 bridgehead atoms. The summed E-state index contributed by atoms with van der Waals surface area (Å²) in [5.41, 5.74) is -1.78. The normalized spacial score (nSPS) is 20.3. The van der Waals surface area contributed by atoms with Crippen molar-refractivity contribution in [3.63, 3.8) is 0 Å². The van der Waals surface area contributed by atoms with Crippen molar-refractivity contribution in [3.8, 4) is 0 Å².